The van der Waals surface area contributed by atoms with E-state index in [-0.39, 0.29) is 0 Å². The molecule has 0 bridgehead atoms. The highest BCUT2D eigenvalue weighted by molar-refractivity contribution is 5.52. The average molecular weight is 208 g/mol. The number of benzene rings is 1. The Hall–Kier alpha value is -1.22. The number of hydrogen-bond acceptors (Lipinski definition) is 3. The van der Waals surface area contributed by atoms with Crippen LogP contribution in [0.1, 0.15) is 31.1 Å². The molecule has 1 atom stereocenters. The molecule has 82 valence electrons. The van der Waals surface area contributed by atoms with Crippen molar-refractivity contribution in [2.45, 2.75) is 26.4 Å². The Morgan fingerprint density at radius 2 is 2.07 bits per heavy atom. The molecule has 0 fully saturated rings. The number of ether oxygens (including phenoxy) is 2. The second-order valence-corrected chi connectivity index (χ2v) is 3.69. The van der Waals surface area contributed by atoms with Gasteiger partial charge in [-0.2, -0.15) is 0 Å². The lowest BCUT2D eigenvalue weighted by atomic mass is 9.99. The lowest BCUT2D eigenvalue weighted by molar-refractivity contribution is 0.166. The number of aliphatic hydroxyl groups excluding tert-OH is 1. The van der Waals surface area contributed by atoms with Crippen LogP contribution in [-0.4, -0.2) is 18.3 Å². The van der Waals surface area contributed by atoms with Crippen LogP contribution in [0, 0.1) is 0 Å². The molecule has 0 amide bonds. The number of fused-ring (bicyclic) bond motifs is 1. The standard InChI is InChI=1S/C12H16O3/c1-3-9-10(8(2)13)4-5-11-12(9)15-7-6-14-11/h4-5,8,13H,3,6-7H2,1-2H3. The van der Waals surface area contributed by atoms with Crippen LogP contribution in [0.2, 0.25) is 0 Å². The average Bonchev–Trinajstić information content (AvgIpc) is 2.27. The molecule has 1 unspecified atom stereocenters. The van der Waals surface area contributed by atoms with Crippen molar-refractivity contribution in [1.82, 2.24) is 0 Å². The van der Waals surface area contributed by atoms with Crippen molar-refractivity contribution in [3.05, 3.63) is 23.3 Å². The molecule has 3 nitrogen and oxygen atoms in total. The van der Waals surface area contributed by atoms with Crippen molar-refractivity contribution < 1.29 is 14.6 Å². The molecule has 1 aromatic carbocycles. The van der Waals surface area contributed by atoms with Crippen molar-refractivity contribution in [1.29, 1.82) is 0 Å². The summed E-state index contributed by atoms with van der Waals surface area (Å²) in [6.45, 7) is 5.01. The summed E-state index contributed by atoms with van der Waals surface area (Å²) in [5.41, 5.74) is 1.99. The zero-order valence-electron chi connectivity index (χ0n) is 9.12. The van der Waals surface area contributed by atoms with Gasteiger partial charge < -0.3 is 14.6 Å². The predicted molar refractivity (Wildman–Crippen MR) is 57.4 cm³/mol. The molecule has 0 aromatic heterocycles. The van der Waals surface area contributed by atoms with E-state index in [4.69, 9.17) is 9.47 Å². The maximum atomic E-state index is 9.64. The van der Waals surface area contributed by atoms with Crippen LogP contribution in [0.5, 0.6) is 11.5 Å². The highest BCUT2D eigenvalue weighted by atomic mass is 16.6. The van der Waals surface area contributed by atoms with Gasteiger partial charge in [0, 0.05) is 5.56 Å². The fraction of sp³-hybridized carbons (Fsp3) is 0.500. The van der Waals surface area contributed by atoms with Crippen LogP contribution in [0.4, 0.5) is 0 Å². The quantitative estimate of drug-likeness (QED) is 0.808. The maximum absolute atomic E-state index is 9.64. The summed E-state index contributed by atoms with van der Waals surface area (Å²) in [6.07, 6.45) is 0.378. The Balaban J connectivity index is 2.51. The third-order valence-corrected chi connectivity index (χ3v) is 2.65. The van der Waals surface area contributed by atoms with Crippen LogP contribution in [0.15, 0.2) is 12.1 Å². The number of aliphatic hydroxyl groups is 1. The number of hydrogen-bond donors (Lipinski definition) is 1. The third kappa shape index (κ3) is 1.79. The fourth-order valence-electron chi connectivity index (χ4n) is 1.94. The van der Waals surface area contributed by atoms with Crippen molar-refractivity contribution in [2.75, 3.05) is 13.2 Å². The Morgan fingerprint density at radius 1 is 1.33 bits per heavy atom. The molecule has 3 heteroatoms. The third-order valence-electron chi connectivity index (χ3n) is 2.65. The Labute approximate surface area is 89.6 Å². The zero-order chi connectivity index (χ0) is 10.8. The van der Waals surface area contributed by atoms with Gasteiger partial charge in [0.05, 0.1) is 6.10 Å². The minimum atomic E-state index is -0.462. The molecule has 0 aliphatic carbocycles. The summed E-state index contributed by atoms with van der Waals surface area (Å²) in [5.74, 6) is 1.60. The van der Waals surface area contributed by atoms with Gasteiger partial charge >= 0.3 is 0 Å². The lowest BCUT2D eigenvalue weighted by Gasteiger charge is -2.23. The molecular formula is C12H16O3. The maximum Gasteiger partial charge on any atom is 0.164 e. The molecular weight excluding hydrogens is 192 g/mol. The van der Waals surface area contributed by atoms with Crippen LogP contribution in [0.3, 0.4) is 0 Å². The van der Waals surface area contributed by atoms with E-state index in [2.05, 4.69) is 6.92 Å². The predicted octanol–water partition coefficient (Wildman–Crippen LogP) is 2.07. The SMILES string of the molecule is CCc1c(C(C)O)ccc2c1OCCO2. The van der Waals surface area contributed by atoms with Gasteiger partial charge in [-0.3, -0.25) is 0 Å². The highest BCUT2D eigenvalue weighted by Crippen LogP contribution is 2.38. The first-order valence-corrected chi connectivity index (χ1v) is 5.33. The summed E-state index contributed by atoms with van der Waals surface area (Å²) in [6, 6.07) is 3.78. The Kier molecular flexibility index (Phi) is 2.82. The van der Waals surface area contributed by atoms with E-state index in [9.17, 15) is 5.11 Å². The van der Waals surface area contributed by atoms with Crippen LogP contribution < -0.4 is 9.47 Å². The zero-order valence-corrected chi connectivity index (χ0v) is 9.12. The van der Waals surface area contributed by atoms with E-state index in [1.165, 1.54) is 0 Å². The normalized spacial score (nSPS) is 16.2. The molecule has 0 saturated heterocycles. The summed E-state index contributed by atoms with van der Waals surface area (Å²) in [4.78, 5) is 0. The first-order valence-electron chi connectivity index (χ1n) is 5.33. The van der Waals surface area contributed by atoms with E-state index in [1.807, 2.05) is 12.1 Å². The van der Waals surface area contributed by atoms with Gasteiger partial charge in [0.25, 0.3) is 0 Å². The van der Waals surface area contributed by atoms with Crippen molar-refractivity contribution in [2.24, 2.45) is 0 Å². The molecule has 0 saturated carbocycles. The Morgan fingerprint density at radius 3 is 2.73 bits per heavy atom. The molecule has 1 heterocycles. The largest absolute Gasteiger partial charge is 0.486 e. The van der Waals surface area contributed by atoms with Gasteiger partial charge in [-0.15, -0.1) is 0 Å². The molecule has 1 aromatic rings. The first-order chi connectivity index (χ1) is 7.24. The number of rotatable bonds is 2. The van der Waals surface area contributed by atoms with Crippen molar-refractivity contribution in [3.63, 3.8) is 0 Å². The molecule has 2 rings (SSSR count). The lowest BCUT2D eigenvalue weighted by Crippen LogP contribution is -2.17. The molecule has 0 spiro atoms. The van der Waals surface area contributed by atoms with Gasteiger partial charge in [0.15, 0.2) is 11.5 Å². The van der Waals surface area contributed by atoms with E-state index >= 15 is 0 Å². The fourth-order valence-corrected chi connectivity index (χ4v) is 1.94. The molecule has 1 aliphatic rings. The topological polar surface area (TPSA) is 38.7 Å². The van der Waals surface area contributed by atoms with Gasteiger partial charge in [0.1, 0.15) is 13.2 Å². The minimum absolute atomic E-state index is 0.462. The van der Waals surface area contributed by atoms with E-state index in [0.717, 1.165) is 29.0 Å². The smallest absolute Gasteiger partial charge is 0.164 e. The molecule has 0 radical (unpaired) electrons. The molecule has 15 heavy (non-hydrogen) atoms. The van der Waals surface area contributed by atoms with Crippen LogP contribution in [0.25, 0.3) is 0 Å². The summed E-state index contributed by atoms with van der Waals surface area (Å²) in [7, 11) is 0. The summed E-state index contributed by atoms with van der Waals surface area (Å²) >= 11 is 0. The summed E-state index contributed by atoms with van der Waals surface area (Å²) in [5, 5.41) is 9.64. The van der Waals surface area contributed by atoms with Crippen LogP contribution >= 0.6 is 0 Å². The van der Waals surface area contributed by atoms with Gasteiger partial charge in [-0.05, 0) is 25.0 Å². The van der Waals surface area contributed by atoms with E-state index < -0.39 is 6.10 Å². The first kappa shape index (κ1) is 10.3. The summed E-state index contributed by atoms with van der Waals surface area (Å²) < 4.78 is 11.1. The van der Waals surface area contributed by atoms with Crippen LogP contribution in [-0.2, 0) is 6.42 Å². The second kappa shape index (κ2) is 4.11. The van der Waals surface area contributed by atoms with Gasteiger partial charge in [0.2, 0.25) is 0 Å². The van der Waals surface area contributed by atoms with E-state index in [1.54, 1.807) is 6.92 Å². The second-order valence-electron chi connectivity index (χ2n) is 3.69. The van der Waals surface area contributed by atoms with Crippen molar-refractivity contribution in [3.8, 4) is 11.5 Å². The van der Waals surface area contributed by atoms with E-state index in [0.29, 0.717) is 13.2 Å². The van der Waals surface area contributed by atoms with Gasteiger partial charge in [-0.1, -0.05) is 13.0 Å². The molecule has 1 aliphatic heterocycles. The molecule has 1 N–H and O–H groups in total. The highest BCUT2D eigenvalue weighted by Gasteiger charge is 2.19. The monoisotopic (exact) mass is 208 g/mol. The Bertz CT molecular complexity index is 358. The minimum Gasteiger partial charge on any atom is -0.486 e. The van der Waals surface area contributed by atoms with Gasteiger partial charge in [-0.25, -0.2) is 0 Å². The van der Waals surface area contributed by atoms with Crippen molar-refractivity contribution >= 4 is 0 Å².